The quantitative estimate of drug-likeness (QED) is 0.573. The largest absolute Gasteiger partial charge is 0.418 e. The lowest BCUT2D eigenvalue weighted by Gasteiger charge is -2.36. The molecule has 34 heavy (non-hydrogen) atoms. The lowest BCUT2D eigenvalue weighted by Crippen LogP contribution is -2.49. The number of carbonyl (C=O) groups is 1. The average molecular weight is 473 g/mol. The molecule has 1 saturated heterocycles. The normalized spacial score (nSPS) is 16.4. The molecule has 1 aliphatic heterocycles. The summed E-state index contributed by atoms with van der Waals surface area (Å²) in [6.45, 7) is 6.54. The summed E-state index contributed by atoms with van der Waals surface area (Å²) in [5.74, 6) is 0.583. The minimum Gasteiger partial charge on any atom is -0.337 e. The van der Waals surface area contributed by atoms with Crippen molar-refractivity contribution >= 4 is 11.6 Å². The second kappa shape index (κ2) is 9.94. The van der Waals surface area contributed by atoms with Gasteiger partial charge in [0.15, 0.2) is 0 Å². The number of hydrogen-bond acceptors (Lipinski definition) is 6. The van der Waals surface area contributed by atoms with Crippen LogP contribution in [0.2, 0.25) is 0 Å². The Bertz CT molecular complexity index is 1120. The molecule has 1 N–H and O–H groups in total. The third kappa shape index (κ3) is 5.63. The fourth-order valence-corrected chi connectivity index (χ4v) is 3.92. The van der Waals surface area contributed by atoms with E-state index in [4.69, 9.17) is 4.52 Å². The van der Waals surface area contributed by atoms with Crippen LogP contribution in [0.3, 0.4) is 0 Å². The first kappa shape index (κ1) is 23.9. The van der Waals surface area contributed by atoms with Gasteiger partial charge in [-0.15, -0.1) is 0 Å². The number of halogens is 3. The molecule has 180 valence electrons. The molecule has 1 amide bonds. The van der Waals surface area contributed by atoms with Crippen molar-refractivity contribution in [2.75, 3.05) is 38.0 Å². The Kier molecular flexibility index (Phi) is 6.99. The zero-order chi connectivity index (χ0) is 24.3. The third-order valence-electron chi connectivity index (χ3n) is 5.94. The van der Waals surface area contributed by atoms with Gasteiger partial charge in [0.1, 0.15) is 0 Å². The molecule has 7 nitrogen and oxygen atoms in total. The van der Waals surface area contributed by atoms with E-state index in [1.807, 2.05) is 43.0 Å². The number of hydrogen-bond donors (Lipinski definition) is 1. The number of anilines is 1. The number of aryl methyl sites for hydroxylation is 1. The van der Waals surface area contributed by atoms with Crippen molar-refractivity contribution in [2.24, 2.45) is 0 Å². The number of aromatic nitrogens is 2. The summed E-state index contributed by atoms with van der Waals surface area (Å²) in [5, 5.41) is 6.49. The number of carbonyl (C=O) groups excluding carboxylic acids is 1. The fourth-order valence-electron chi connectivity index (χ4n) is 3.92. The molecule has 3 aromatic rings. The number of amides is 1. The molecule has 0 saturated carbocycles. The molecule has 0 bridgehead atoms. The van der Waals surface area contributed by atoms with Crippen LogP contribution in [-0.4, -0.2) is 58.6 Å². The van der Waals surface area contributed by atoms with Crippen LogP contribution in [0.1, 0.15) is 30.0 Å². The van der Waals surface area contributed by atoms with Gasteiger partial charge in [-0.1, -0.05) is 47.1 Å². The van der Waals surface area contributed by atoms with Crippen molar-refractivity contribution < 1.29 is 22.5 Å². The number of para-hydroxylation sites is 1. The molecule has 4 rings (SSSR count). The van der Waals surface area contributed by atoms with Gasteiger partial charge in [0, 0.05) is 31.7 Å². The molecular formula is C24H26F3N5O2. The topological polar surface area (TPSA) is 74.5 Å². The van der Waals surface area contributed by atoms with Crippen molar-refractivity contribution in [3.63, 3.8) is 0 Å². The highest BCUT2D eigenvalue weighted by molar-refractivity contribution is 5.93. The minimum atomic E-state index is -4.53. The molecule has 1 aromatic heterocycles. The molecule has 0 spiro atoms. The Balaban J connectivity index is 1.30. The molecule has 1 unspecified atom stereocenters. The van der Waals surface area contributed by atoms with Gasteiger partial charge in [-0.2, -0.15) is 18.2 Å². The fraction of sp³-hybridized carbons (Fsp3) is 0.375. The average Bonchev–Trinajstić information content (AvgIpc) is 3.29. The van der Waals surface area contributed by atoms with Crippen LogP contribution in [0, 0.1) is 6.92 Å². The Hall–Kier alpha value is -3.24. The van der Waals surface area contributed by atoms with Gasteiger partial charge in [0.2, 0.25) is 17.6 Å². The maximum atomic E-state index is 13.1. The van der Waals surface area contributed by atoms with Crippen molar-refractivity contribution in [1.82, 2.24) is 19.9 Å². The second-order valence-electron chi connectivity index (χ2n) is 8.40. The van der Waals surface area contributed by atoms with Gasteiger partial charge >= 0.3 is 6.18 Å². The van der Waals surface area contributed by atoms with Crippen LogP contribution < -0.4 is 5.32 Å². The molecular weight excluding hydrogens is 447 g/mol. The van der Waals surface area contributed by atoms with Gasteiger partial charge < -0.3 is 9.84 Å². The Morgan fingerprint density at radius 3 is 2.44 bits per heavy atom. The highest BCUT2D eigenvalue weighted by Gasteiger charge is 2.34. The molecule has 1 atom stereocenters. The molecule has 1 aliphatic rings. The standard InChI is InChI=1S/C24H26F3N5O2/c1-16-7-9-18(10-8-16)22-29-23(34-30-22)17(2)32-13-11-31(12-14-32)15-21(33)28-20-6-4-3-5-19(20)24(25,26)27/h3-10,17H,11-15H2,1-2H3,(H,28,33). The maximum Gasteiger partial charge on any atom is 0.418 e. The summed E-state index contributed by atoms with van der Waals surface area (Å²) in [7, 11) is 0. The summed E-state index contributed by atoms with van der Waals surface area (Å²) in [6.07, 6.45) is -4.53. The van der Waals surface area contributed by atoms with E-state index in [1.165, 1.54) is 18.2 Å². The minimum absolute atomic E-state index is 0.0204. The van der Waals surface area contributed by atoms with Crippen LogP contribution in [0.25, 0.3) is 11.4 Å². The van der Waals surface area contributed by atoms with Gasteiger partial charge in [0.05, 0.1) is 23.8 Å². The predicted octanol–water partition coefficient (Wildman–Crippen LogP) is 4.38. The van der Waals surface area contributed by atoms with E-state index in [-0.39, 0.29) is 18.3 Å². The first-order chi connectivity index (χ1) is 16.2. The lowest BCUT2D eigenvalue weighted by molar-refractivity contribution is -0.137. The highest BCUT2D eigenvalue weighted by atomic mass is 19.4. The van der Waals surface area contributed by atoms with Crippen molar-refractivity contribution in [2.45, 2.75) is 26.1 Å². The smallest absolute Gasteiger partial charge is 0.337 e. The molecule has 2 heterocycles. The Morgan fingerprint density at radius 1 is 1.09 bits per heavy atom. The first-order valence-electron chi connectivity index (χ1n) is 11.0. The van der Waals surface area contributed by atoms with E-state index >= 15 is 0 Å². The molecule has 2 aromatic carbocycles. The van der Waals surface area contributed by atoms with E-state index in [1.54, 1.807) is 0 Å². The first-order valence-corrected chi connectivity index (χ1v) is 11.0. The second-order valence-corrected chi connectivity index (χ2v) is 8.40. The number of alkyl halides is 3. The molecule has 1 fully saturated rings. The number of nitrogens with zero attached hydrogens (tertiary/aromatic N) is 4. The van der Waals surface area contributed by atoms with Crippen molar-refractivity contribution in [3.05, 3.63) is 65.5 Å². The van der Waals surface area contributed by atoms with E-state index in [0.29, 0.717) is 37.9 Å². The van der Waals surface area contributed by atoms with Crippen LogP contribution in [-0.2, 0) is 11.0 Å². The Morgan fingerprint density at radius 2 is 1.76 bits per heavy atom. The third-order valence-corrected chi connectivity index (χ3v) is 5.94. The van der Waals surface area contributed by atoms with Crippen LogP contribution in [0.5, 0.6) is 0 Å². The number of piperazine rings is 1. The number of benzene rings is 2. The Labute approximate surface area is 195 Å². The van der Waals surface area contributed by atoms with E-state index < -0.39 is 17.6 Å². The predicted molar refractivity (Wildman–Crippen MR) is 121 cm³/mol. The van der Waals surface area contributed by atoms with Gasteiger partial charge in [0.25, 0.3) is 0 Å². The van der Waals surface area contributed by atoms with Crippen LogP contribution in [0.4, 0.5) is 18.9 Å². The van der Waals surface area contributed by atoms with Crippen LogP contribution >= 0.6 is 0 Å². The molecule has 10 heteroatoms. The highest BCUT2D eigenvalue weighted by Crippen LogP contribution is 2.34. The zero-order valence-electron chi connectivity index (χ0n) is 19.0. The van der Waals surface area contributed by atoms with E-state index in [9.17, 15) is 18.0 Å². The van der Waals surface area contributed by atoms with Crippen molar-refractivity contribution in [3.8, 4) is 11.4 Å². The summed E-state index contributed by atoms with van der Waals surface area (Å²) in [6, 6.07) is 12.8. The molecule has 0 aliphatic carbocycles. The van der Waals surface area contributed by atoms with E-state index in [2.05, 4.69) is 20.4 Å². The number of nitrogens with one attached hydrogen (secondary N) is 1. The van der Waals surface area contributed by atoms with E-state index in [0.717, 1.165) is 17.2 Å². The molecule has 0 radical (unpaired) electrons. The zero-order valence-corrected chi connectivity index (χ0v) is 19.0. The summed E-state index contributed by atoms with van der Waals surface area (Å²) in [5.41, 5.74) is 0.951. The SMILES string of the molecule is Cc1ccc(-c2noc(C(C)N3CCN(CC(=O)Nc4ccccc4C(F)(F)F)CC3)n2)cc1. The monoisotopic (exact) mass is 473 g/mol. The lowest BCUT2D eigenvalue weighted by atomic mass is 10.1. The van der Waals surface area contributed by atoms with Crippen molar-refractivity contribution in [1.29, 1.82) is 0 Å². The summed E-state index contributed by atoms with van der Waals surface area (Å²) < 4.78 is 44.9. The maximum absolute atomic E-state index is 13.1. The van der Waals surface area contributed by atoms with Gasteiger partial charge in [-0.05, 0) is 26.0 Å². The summed E-state index contributed by atoms with van der Waals surface area (Å²) in [4.78, 5) is 21.0. The van der Waals surface area contributed by atoms with Crippen LogP contribution in [0.15, 0.2) is 53.1 Å². The summed E-state index contributed by atoms with van der Waals surface area (Å²) >= 11 is 0. The number of rotatable bonds is 6. The van der Waals surface area contributed by atoms with Gasteiger partial charge in [-0.25, -0.2) is 0 Å². The van der Waals surface area contributed by atoms with Gasteiger partial charge in [-0.3, -0.25) is 14.6 Å².